The SMILES string of the molecule is Cc1ccc(CNC(=O)[C@@]2(C)CC2(Cl)Cl)s1. The molecular formula is C11H13Cl2NOS. The first-order valence-electron chi connectivity index (χ1n) is 5.07. The lowest BCUT2D eigenvalue weighted by atomic mass is 10.1. The van der Waals surface area contributed by atoms with E-state index in [1.807, 2.05) is 19.1 Å². The molecule has 0 spiro atoms. The molecule has 1 saturated carbocycles. The predicted molar refractivity (Wildman–Crippen MR) is 68.1 cm³/mol. The number of aryl methyl sites for hydroxylation is 1. The summed E-state index contributed by atoms with van der Waals surface area (Å²) in [7, 11) is 0. The summed E-state index contributed by atoms with van der Waals surface area (Å²) in [6, 6.07) is 4.06. The largest absolute Gasteiger partial charge is 0.351 e. The molecule has 0 aromatic carbocycles. The molecule has 1 atom stereocenters. The van der Waals surface area contributed by atoms with Crippen molar-refractivity contribution >= 4 is 40.4 Å². The Morgan fingerprint density at radius 2 is 2.19 bits per heavy atom. The maximum absolute atomic E-state index is 11.8. The van der Waals surface area contributed by atoms with Crippen LogP contribution in [-0.2, 0) is 11.3 Å². The van der Waals surface area contributed by atoms with Crippen LogP contribution in [-0.4, -0.2) is 10.2 Å². The van der Waals surface area contributed by atoms with Crippen molar-refractivity contribution in [2.24, 2.45) is 5.41 Å². The van der Waals surface area contributed by atoms with Gasteiger partial charge in [-0.15, -0.1) is 34.5 Å². The minimum Gasteiger partial charge on any atom is -0.351 e. The fourth-order valence-corrected chi connectivity index (χ4v) is 3.13. The van der Waals surface area contributed by atoms with Gasteiger partial charge < -0.3 is 5.32 Å². The molecule has 1 heterocycles. The maximum atomic E-state index is 11.8. The van der Waals surface area contributed by atoms with E-state index in [1.54, 1.807) is 18.3 Å². The summed E-state index contributed by atoms with van der Waals surface area (Å²) in [6.45, 7) is 4.39. The molecule has 1 aliphatic rings. The van der Waals surface area contributed by atoms with Crippen LogP contribution in [0.4, 0.5) is 0 Å². The van der Waals surface area contributed by atoms with Crippen molar-refractivity contribution in [3.63, 3.8) is 0 Å². The summed E-state index contributed by atoms with van der Waals surface area (Å²) in [5.41, 5.74) is -0.623. The van der Waals surface area contributed by atoms with Gasteiger partial charge in [-0.2, -0.15) is 0 Å². The van der Waals surface area contributed by atoms with Crippen LogP contribution < -0.4 is 5.32 Å². The summed E-state index contributed by atoms with van der Waals surface area (Å²) in [4.78, 5) is 14.2. The molecule has 0 aliphatic heterocycles. The zero-order valence-electron chi connectivity index (χ0n) is 9.14. The molecular weight excluding hydrogens is 265 g/mol. The summed E-state index contributed by atoms with van der Waals surface area (Å²) in [6.07, 6.45) is 0.526. The van der Waals surface area contributed by atoms with Crippen LogP contribution in [0.5, 0.6) is 0 Å². The topological polar surface area (TPSA) is 29.1 Å². The highest BCUT2D eigenvalue weighted by atomic mass is 35.5. The lowest BCUT2D eigenvalue weighted by Crippen LogP contribution is -2.32. The van der Waals surface area contributed by atoms with Crippen molar-refractivity contribution in [3.05, 3.63) is 21.9 Å². The zero-order valence-corrected chi connectivity index (χ0v) is 11.5. The monoisotopic (exact) mass is 277 g/mol. The second kappa shape index (κ2) is 3.90. The fraction of sp³-hybridized carbons (Fsp3) is 0.545. The molecule has 1 aliphatic carbocycles. The van der Waals surface area contributed by atoms with Crippen LogP contribution in [0.3, 0.4) is 0 Å². The number of thiophene rings is 1. The molecule has 5 heteroatoms. The van der Waals surface area contributed by atoms with Gasteiger partial charge in [0.15, 0.2) is 0 Å². The first kappa shape index (κ1) is 12.2. The molecule has 16 heavy (non-hydrogen) atoms. The van der Waals surface area contributed by atoms with Crippen LogP contribution in [0.25, 0.3) is 0 Å². The van der Waals surface area contributed by atoms with Crippen molar-refractivity contribution in [2.45, 2.75) is 31.1 Å². The second-order valence-electron chi connectivity index (χ2n) is 4.41. The van der Waals surface area contributed by atoms with E-state index < -0.39 is 9.75 Å². The highest BCUT2D eigenvalue weighted by Gasteiger charge is 2.67. The molecule has 1 amide bonds. The molecule has 2 rings (SSSR count). The molecule has 88 valence electrons. The average molecular weight is 278 g/mol. The van der Waals surface area contributed by atoms with Crippen LogP contribution >= 0.6 is 34.5 Å². The van der Waals surface area contributed by atoms with Gasteiger partial charge in [0.1, 0.15) is 4.33 Å². The van der Waals surface area contributed by atoms with E-state index in [2.05, 4.69) is 5.32 Å². The lowest BCUT2D eigenvalue weighted by Gasteiger charge is -2.11. The Bertz CT molecular complexity index is 429. The third kappa shape index (κ3) is 2.08. The van der Waals surface area contributed by atoms with Crippen LogP contribution in [0.15, 0.2) is 12.1 Å². The van der Waals surface area contributed by atoms with Gasteiger partial charge in [-0.25, -0.2) is 0 Å². The Kier molecular flexibility index (Phi) is 2.97. The van der Waals surface area contributed by atoms with E-state index in [9.17, 15) is 4.79 Å². The fourth-order valence-electron chi connectivity index (χ4n) is 1.59. The Morgan fingerprint density at radius 1 is 1.56 bits per heavy atom. The summed E-state index contributed by atoms with van der Waals surface area (Å²) in [5, 5.41) is 2.87. The predicted octanol–water partition coefficient (Wildman–Crippen LogP) is 3.26. The van der Waals surface area contributed by atoms with E-state index in [1.165, 1.54) is 4.88 Å². The first-order chi connectivity index (χ1) is 7.35. The number of amides is 1. The van der Waals surface area contributed by atoms with Crippen LogP contribution in [0.2, 0.25) is 0 Å². The van der Waals surface area contributed by atoms with E-state index in [-0.39, 0.29) is 5.91 Å². The van der Waals surface area contributed by atoms with Gasteiger partial charge in [0.25, 0.3) is 0 Å². The highest BCUT2D eigenvalue weighted by molar-refractivity contribution is 7.11. The van der Waals surface area contributed by atoms with Crippen LogP contribution in [0.1, 0.15) is 23.1 Å². The second-order valence-corrected chi connectivity index (χ2v) is 7.26. The summed E-state index contributed by atoms with van der Waals surface area (Å²) < 4.78 is -0.886. The molecule has 0 unspecified atom stereocenters. The van der Waals surface area contributed by atoms with Gasteiger partial charge in [0, 0.05) is 9.75 Å². The van der Waals surface area contributed by atoms with Gasteiger partial charge in [0.2, 0.25) is 5.91 Å². The molecule has 0 bridgehead atoms. The summed E-state index contributed by atoms with van der Waals surface area (Å²) in [5.74, 6) is -0.0662. The molecule has 1 fully saturated rings. The van der Waals surface area contributed by atoms with Crippen molar-refractivity contribution in [1.29, 1.82) is 0 Å². The highest BCUT2D eigenvalue weighted by Crippen LogP contribution is 2.63. The first-order valence-corrected chi connectivity index (χ1v) is 6.64. The van der Waals surface area contributed by atoms with E-state index in [4.69, 9.17) is 23.2 Å². The Labute approximate surface area is 109 Å². The smallest absolute Gasteiger partial charge is 0.229 e. The number of carbonyl (C=O) groups excluding carboxylic acids is 1. The van der Waals surface area contributed by atoms with E-state index in [0.29, 0.717) is 13.0 Å². The van der Waals surface area contributed by atoms with Gasteiger partial charge in [-0.05, 0) is 32.4 Å². The van der Waals surface area contributed by atoms with Gasteiger partial charge in [-0.3, -0.25) is 4.79 Å². The Hall–Kier alpha value is -0.250. The third-order valence-electron chi connectivity index (χ3n) is 2.98. The van der Waals surface area contributed by atoms with Crippen molar-refractivity contribution in [2.75, 3.05) is 0 Å². The molecule has 1 aromatic heterocycles. The van der Waals surface area contributed by atoms with Gasteiger partial charge >= 0.3 is 0 Å². The Morgan fingerprint density at radius 3 is 2.62 bits per heavy atom. The number of hydrogen-bond acceptors (Lipinski definition) is 2. The number of hydrogen-bond donors (Lipinski definition) is 1. The van der Waals surface area contributed by atoms with Gasteiger partial charge in [0.05, 0.1) is 12.0 Å². The average Bonchev–Trinajstić information content (AvgIpc) is 2.57. The van der Waals surface area contributed by atoms with E-state index >= 15 is 0 Å². The number of nitrogens with one attached hydrogen (secondary N) is 1. The normalized spacial score (nSPS) is 26.5. The molecule has 1 N–H and O–H groups in total. The van der Waals surface area contributed by atoms with E-state index in [0.717, 1.165) is 4.88 Å². The Balaban J connectivity index is 1.90. The van der Waals surface area contributed by atoms with Crippen molar-refractivity contribution < 1.29 is 4.79 Å². The standard InChI is InChI=1S/C11H13Cl2NOS/c1-7-3-4-8(16-7)5-14-9(15)10(2)6-11(10,12)13/h3-4H,5-6H2,1-2H3,(H,14,15)/t10-/m1/s1. The van der Waals surface area contributed by atoms with Crippen LogP contribution in [0, 0.1) is 12.3 Å². The zero-order chi connectivity index (χ0) is 12.0. The number of alkyl halides is 2. The number of rotatable bonds is 3. The third-order valence-corrected chi connectivity index (χ3v) is 5.08. The minimum absolute atomic E-state index is 0.0662. The molecule has 1 aromatic rings. The summed E-state index contributed by atoms with van der Waals surface area (Å²) >= 11 is 13.6. The number of halogens is 2. The lowest BCUT2D eigenvalue weighted by molar-refractivity contribution is -0.125. The quantitative estimate of drug-likeness (QED) is 0.845. The maximum Gasteiger partial charge on any atom is 0.229 e. The molecule has 0 radical (unpaired) electrons. The molecule has 0 saturated heterocycles. The minimum atomic E-state index is -0.886. The van der Waals surface area contributed by atoms with Crippen molar-refractivity contribution in [3.8, 4) is 0 Å². The number of carbonyl (C=O) groups is 1. The van der Waals surface area contributed by atoms with Crippen molar-refractivity contribution in [1.82, 2.24) is 5.32 Å². The molecule has 2 nitrogen and oxygen atoms in total. The van der Waals surface area contributed by atoms with Gasteiger partial charge in [-0.1, -0.05) is 0 Å².